The number of rotatable bonds is 1. The summed E-state index contributed by atoms with van der Waals surface area (Å²) in [6.45, 7) is 13.0. The number of fused-ring (bicyclic) bond motifs is 3. The highest BCUT2D eigenvalue weighted by atomic mass is 16.3. The number of aliphatic hydroxyl groups excluding tert-OH is 1. The first-order valence-electron chi connectivity index (χ1n) is 9.13. The van der Waals surface area contributed by atoms with Gasteiger partial charge in [-0.2, -0.15) is 0 Å². The Hall–Kier alpha value is -0.340. The fourth-order valence-corrected chi connectivity index (χ4v) is 6.30. The Morgan fingerprint density at radius 2 is 1.73 bits per heavy atom. The van der Waals surface area contributed by atoms with Crippen LogP contribution >= 0.6 is 0 Å². The van der Waals surface area contributed by atoms with E-state index < -0.39 is 5.60 Å². The summed E-state index contributed by atoms with van der Waals surface area (Å²) in [4.78, 5) is 0. The summed E-state index contributed by atoms with van der Waals surface area (Å²) in [6, 6.07) is 0. The lowest BCUT2D eigenvalue weighted by atomic mass is 9.41. The minimum Gasteiger partial charge on any atom is -0.393 e. The van der Waals surface area contributed by atoms with Crippen molar-refractivity contribution in [2.75, 3.05) is 0 Å². The molecule has 0 bridgehead atoms. The van der Waals surface area contributed by atoms with Gasteiger partial charge in [0.1, 0.15) is 0 Å². The third-order valence-corrected chi connectivity index (χ3v) is 8.13. The molecule has 3 rings (SSSR count). The fourth-order valence-electron chi connectivity index (χ4n) is 6.30. The highest BCUT2D eigenvalue weighted by Gasteiger charge is 2.65. The van der Waals surface area contributed by atoms with Gasteiger partial charge in [-0.3, -0.25) is 0 Å². The van der Waals surface area contributed by atoms with Crippen LogP contribution in [0.15, 0.2) is 12.7 Å². The topological polar surface area (TPSA) is 40.5 Å². The first kappa shape index (κ1) is 16.5. The van der Waals surface area contributed by atoms with E-state index in [9.17, 15) is 10.2 Å². The average molecular weight is 306 g/mol. The zero-order chi connectivity index (χ0) is 16.4. The average Bonchev–Trinajstić information content (AvgIpc) is 2.43. The van der Waals surface area contributed by atoms with Crippen LogP contribution in [0.4, 0.5) is 0 Å². The smallest absolute Gasteiger partial charge is 0.0732 e. The van der Waals surface area contributed by atoms with E-state index in [1.165, 1.54) is 6.42 Å². The number of hydrogen-bond acceptors (Lipinski definition) is 2. The van der Waals surface area contributed by atoms with Crippen LogP contribution in [0.1, 0.15) is 72.6 Å². The SMILES string of the molecule is C=C[C@@]1(C)C[C@H]2CC[C@@]3(O)[C@@H](CCCC3(C)C)[C@]2(C)[C@@H](O)C1. The molecule has 0 saturated heterocycles. The molecule has 2 N–H and O–H groups in total. The van der Waals surface area contributed by atoms with Gasteiger partial charge in [0.2, 0.25) is 0 Å². The van der Waals surface area contributed by atoms with Crippen LogP contribution < -0.4 is 0 Å². The molecule has 0 heterocycles. The molecule has 2 heteroatoms. The Morgan fingerprint density at radius 1 is 1.05 bits per heavy atom. The van der Waals surface area contributed by atoms with Gasteiger partial charge in [0.15, 0.2) is 0 Å². The molecule has 2 nitrogen and oxygen atoms in total. The van der Waals surface area contributed by atoms with E-state index in [1.54, 1.807) is 0 Å². The maximum absolute atomic E-state index is 11.6. The zero-order valence-electron chi connectivity index (χ0n) is 14.9. The Labute approximate surface area is 136 Å². The van der Waals surface area contributed by atoms with Crippen LogP contribution in [0.2, 0.25) is 0 Å². The van der Waals surface area contributed by atoms with Crippen LogP contribution in [-0.4, -0.2) is 21.9 Å². The summed E-state index contributed by atoms with van der Waals surface area (Å²) in [7, 11) is 0. The van der Waals surface area contributed by atoms with E-state index in [-0.39, 0.29) is 28.3 Å². The van der Waals surface area contributed by atoms with Crippen LogP contribution in [0.25, 0.3) is 0 Å². The summed E-state index contributed by atoms with van der Waals surface area (Å²) in [5.74, 6) is 0.727. The third-order valence-electron chi connectivity index (χ3n) is 8.13. The first-order valence-corrected chi connectivity index (χ1v) is 9.13. The molecule has 0 radical (unpaired) electrons. The molecule has 0 aromatic rings. The summed E-state index contributed by atoms with van der Waals surface area (Å²) in [6.07, 6.45) is 8.87. The number of allylic oxidation sites excluding steroid dienone is 1. The largest absolute Gasteiger partial charge is 0.393 e. The molecule has 3 saturated carbocycles. The van der Waals surface area contributed by atoms with E-state index in [1.807, 2.05) is 6.08 Å². The normalized spacial score (nSPS) is 54.2. The van der Waals surface area contributed by atoms with Gasteiger partial charge >= 0.3 is 0 Å². The quantitative estimate of drug-likeness (QED) is 0.709. The van der Waals surface area contributed by atoms with Gasteiger partial charge in [-0.05, 0) is 61.2 Å². The van der Waals surface area contributed by atoms with Crippen molar-refractivity contribution < 1.29 is 10.2 Å². The molecule has 0 spiro atoms. The van der Waals surface area contributed by atoms with Crippen molar-refractivity contribution in [1.82, 2.24) is 0 Å². The van der Waals surface area contributed by atoms with Crippen molar-refractivity contribution in [1.29, 1.82) is 0 Å². The van der Waals surface area contributed by atoms with Crippen molar-refractivity contribution in [2.45, 2.75) is 84.3 Å². The maximum Gasteiger partial charge on any atom is 0.0732 e. The molecule has 3 aliphatic carbocycles. The Balaban J connectivity index is 2.00. The van der Waals surface area contributed by atoms with Crippen LogP contribution in [0.5, 0.6) is 0 Å². The van der Waals surface area contributed by atoms with E-state index in [4.69, 9.17) is 0 Å². The van der Waals surface area contributed by atoms with Crippen molar-refractivity contribution >= 4 is 0 Å². The molecule has 3 fully saturated rings. The first-order chi connectivity index (χ1) is 10.1. The fraction of sp³-hybridized carbons (Fsp3) is 0.900. The lowest BCUT2D eigenvalue weighted by molar-refractivity contribution is -0.251. The maximum atomic E-state index is 11.6. The van der Waals surface area contributed by atoms with Gasteiger partial charge < -0.3 is 10.2 Å². The molecule has 0 aromatic carbocycles. The van der Waals surface area contributed by atoms with Crippen LogP contribution in [-0.2, 0) is 0 Å². The van der Waals surface area contributed by atoms with E-state index >= 15 is 0 Å². The lowest BCUT2D eigenvalue weighted by Crippen LogP contribution is -2.67. The second-order valence-electron chi connectivity index (χ2n) is 9.64. The van der Waals surface area contributed by atoms with E-state index in [2.05, 4.69) is 34.3 Å². The summed E-state index contributed by atoms with van der Waals surface area (Å²) in [5.41, 5.74) is -0.751. The second kappa shape index (κ2) is 4.83. The number of aliphatic hydroxyl groups is 2. The highest BCUT2D eigenvalue weighted by Crippen LogP contribution is 2.66. The third kappa shape index (κ3) is 1.99. The van der Waals surface area contributed by atoms with Gasteiger partial charge in [0, 0.05) is 5.41 Å². The van der Waals surface area contributed by atoms with Crippen LogP contribution in [0, 0.1) is 28.1 Å². The second-order valence-corrected chi connectivity index (χ2v) is 9.64. The molecule has 22 heavy (non-hydrogen) atoms. The molecule has 0 aliphatic heterocycles. The van der Waals surface area contributed by atoms with Gasteiger partial charge in [0.05, 0.1) is 11.7 Å². The molecular formula is C20H34O2. The van der Waals surface area contributed by atoms with Crippen molar-refractivity contribution in [2.24, 2.45) is 28.1 Å². The van der Waals surface area contributed by atoms with Gasteiger partial charge in [-0.1, -0.05) is 40.2 Å². The minimum absolute atomic E-state index is 0.0389. The summed E-state index contributed by atoms with van der Waals surface area (Å²) in [5, 5.41) is 22.7. The predicted octanol–water partition coefficient (Wildman–Crippen LogP) is 4.31. The Bertz CT molecular complexity index is 470. The molecular weight excluding hydrogens is 272 g/mol. The number of hydrogen-bond donors (Lipinski definition) is 2. The van der Waals surface area contributed by atoms with Crippen molar-refractivity contribution in [3.05, 3.63) is 12.7 Å². The molecule has 0 aromatic heterocycles. The van der Waals surface area contributed by atoms with Gasteiger partial charge in [-0.25, -0.2) is 0 Å². The van der Waals surface area contributed by atoms with E-state index in [0.717, 1.165) is 38.5 Å². The molecule has 6 atom stereocenters. The molecule has 0 amide bonds. The molecule has 3 aliphatic rings. The Morgan fingerprint density at radius 3 is 2.36 bits per heavy atom. The van der Waals surface area contributed by atoms with Crippen molar-refractivity contribution in [3.8, 4) is 0 Å². The standard InChI is InChI=1S/C20H34O2/c1-6-18(4)12-14-9-11-20(22)15(8-7-10-17(20,2)3)19(14,5)16(21)13-18/h6,14-16,21-22H,1,7-13H2,2-5H3/t14-,15+,16+,18+,19-,20-/m1/s1. The summed E-state index contributed by atoms with van der Waals surface area (Å²) < 4.78 is 0. The predicted molar refractivity (Wildman–Crippen MR) is 90.4 cm³/mol. The monoisotopic (exact) mass is 306 g/mol. The zero-order valence-corrected chi connectivity index (χ0v) is 14.9. The van der Waals surface area contributed by atoms with Gasteiger partial charge in [-0.15, -0.1) is 6.58 Å². The minimum atomic E-state index is -0.612. The summed E-state index contributed by atoms with van der Waals surface area (Å²) >= 11 is 0. The molecule has 0 unspecified atom stereocenters. The highest BCUT2D eigenvalue weighted by molar-refractivity contribution is 5.16. The van der Waals surface area contributed by atoms with Crippen LogP contribution in [0.3, 0.4) is 0 Å². The van der Waals surface area contributed by atoms with E-state index in [0.29, 0.717) is 5.92 Å². The Kier molecular flexibility index (Phi) is 3.63. The van der Waals surface area contributed by atoms with Crippen molar-refractivity contribution in [3.63, 3.8) is 0 Å². The van der Waals surface area contributed by atoms with Gasteiger partial charge in [0.25, 0.3) is 0 Å². The lowest BCUT2D eigenvalue weighted by Gasteiger charge is -2.66. The molecule has 126 valence electrons.